The van der Waals surface area contributed by atoms with Crippen molar-refractivity contribution >= 4 is 15.9 Å². The highest BCUT2D eigenvalue weighted by atomic mass is 79.9. The fourth-order valence-corrected chi connectivity index (χ4v) is 2.80. The molecule has 3 heteroatoms. The summed E-state index contributed by atoms with van der Waals surface area (Å²) < 4.78 is 5.76. The van der Waals surface area contributed by atoms with Gasteiger partial charge in [-0.3, -0.25) is 4.90 Å². The number of hydrogen-bond acceptors (Lipinski definition) is 2. The van der Waals surface area contributed by atoms with E-state index in [1.807, 2.05) is 0 Å². The van der Waals surface area contributed by atoms with Crippen LogP contribution in [0.1, 0.15) is 25.7 Å². The Hall–Kier alpha value is 0.400. The van der Waals surface area contributed by atoms with Crippen molar-refractivity contribution in [1.29, 1.82) is 0 Å². The van der Waals surface area contributed by atoms with E-state index >= 15 is 0 Å². The first-order chi connectivity index (χ1) is 6.42. The third-order valence-corrected chi connectivity index (χ3v) is 3.74. The van der Waals surface area contributed by atoms with Crippen LogP contribution in [0, 0.1) is 0 Å². The maximum absolute atomic E-state index is 5.76. The molecule has 0 bridgehead atoms. The first kappa shape index (κ1) is 9.94. The predicted octanol–water partition coefficient (Wildman–Crippen LogP) is 2.02. The third-order valence-electron chi connectivity index (χ3n) is 3.18. The molecule has 0 aromatic carbocycles. The number of halogens is 1. The van der Waals surface area contributed by atoms with Gasteiger partial charge in [-0.05, 0) is 32.2 Å². The molecule has 0 N–H and O–H groups in total. The minimum Gasteiger partial charge on any atom is -0.375 e. The number of nitrogens with zero attached hydrogens (tertiary/aromatic N) is 1. The molecule has 1 saturated carbocycles. The molecule has 2 nitrogen and oxygen atoms in total. The lowest BCUT2D eigenvalue weighted by molar-refractivity contribution is -0.0551. The number of hydrogen-bond donors (Lipinski definition) is 0. The van der Waals surface area contributed by atoms with Crippen molar-refractivity contribution in [1.82, 2.24) is 4.90 Å². The Bertz CT molecular complexity index is 165. The van der Waals surface area contributed by atoms with Crippen LogP contribution in [-0.4, -0.2) is 42.1 Å². The molecule has 2 aliphatic rings. The molecule has 2 fully saturated rings. The zero-order valence-corrected chi connectivity index (χ0v) is 9.63. The van der Waals surface area contributed by atoms with Gasteiger partial charge in [0.15, 0.2) is 0 Å². The van der Waals surface area contributed by atoms with E-state index in [0.29, 0.717) is 6.10 Å². The molecular formula is C10H18BrNO. The van der Waals surface area contributed by atoms with Crippen LogP contribution in [0.15, 0.2) is 0 Å². The molecule has 13 heavy (non-hydrogen) atoms. The highest BCUT2D eigenvalue weighted by Gasteiger charge is 2.35. The van der Waals surface area contributed by atoms with E-state index < -0.39 is 0 Å². The van der Waals surface area contributed by atoms with Gasteiger partial charge in [0, 0.05) is 17.9 Å². The van der Waals surface area contributed by atoms with Crippen molar-refractivity contribution in [2.75, 3.05) is 25.0 Å². The van der Waals surface area contributed by atoms with E-state index in [4.69, 9.17) is 4.74 Å². The van der Waals surface area contributed by atoms with Gasteiger partial charge in [0.05, 0.1) is 12.7 Å². The summed E-state index contributed by atoms with van der Waals surface area (Å²) in [5, 5.41) is 1.13. The third kappa shape index (κ3) is 2.25. The molecular weight excluding hydrogens is 230 g/mol. The van der Waals surface area contributed by atoms with Crippen LogP contribution >= 0.6 is 15.9 Å². The molecule has 0 aromatic rings. The molecule has 0 spiro atoms. The zero-order valence-electron chi connectivity index (χ0n) is 8.04. The minimum absolute atomic E-state index is 0.559. The van der Waals surface area contributed by atoms with Crippen molar-refractivity contribution < 1.29 is 4.74 Å². The van der Waals surface area contributed by atoms with Gasteiger partial charge in [-0.1, -0.05) is 15.9 Å². The molecule has 1 saturated heterocycles. The Balaban J connectivity index is 1.86. The van der Waals surface area contributed by atoms with Crippen LogP contribution in [0.3, 0.4) is 0 Å². The average molecular weight is 248 g/mol. The molecule has 0 aromatic heterocycles. The van der Waals surface area contributed by atoms with Crippen molar-refractivity contribution in [2.24, 2.45) is 0 Å². The summed E-state index contributed by atoms with van der Waals surface area (Å²) in [5.41, 5.74) is 0. The van der Waals surface area contributed by atoms with Gasteiger partial charge in [-0.15, -0.1) is 0 Å². The quantitative estimate of drug-likeness (QED) is 0.708. The number of ether oxygens (including phenoxy) is 1. The van der Waals surface area contributed by atoms with E-state index in [-0.39, 0.29) is 0 Å². The van der Waals surface area contributed by atoms with Crippen LogP contribution in [0.4, 0.5) is 0 Å². The molecule has 0 radical (unpaired) electrons. The molecule has 1 aliphatic heterocycles. The van der Waals surface area contributed by atoms with Gasteiger partial charge in [0.1, 0.15) is 0 Å². The summed E-state index contributed by atoms with van der Waals surface area (Å²) in [5.74, 6) is 0. The van der Waals surface area contributed by atoms with Crippen LogP contribution in [0.2, 0.25) is 0 Å². The largest absolute Gasteiger partial charge is 0.375 e. The lowest BCUT2D eigenvalue weighted by atomic mass is 10.1. The first-order valence-electron chi connectivity index (χ1n) is 5.33. The molecule has 0 amide bonds. The second-order valence-electron chi connectivity index (χ2n) is 3.99. The normalized spacial score (nSPS) is 34.8. The fourth-order valence-electron chi connectivity index (χ4n) is 2.55. The lowest BCUT2D eigenvalue weighted by Gasteiger charge is -2.37. The topological polar surface area (TPSA) is 12.5 Å². The molecule has 2 atom stereocenters. The van der Waals surface area contributed by atoms with Crippen molar-refractivity contribution in [2.45, 2.75) is 37.8 Å². The molecule has 1 heterocycles. The Morgan fingerprint density at radius 3 is 3.15 bits per heavy atom. The Labute approximate surface area is 88.8 Å². The smallest absolute Gasteiger partial charge is 0.0730 e. The van der Waals surface area contributed by atoms with E-state index in [1.165, 1.54) is 32.2 Å². The molecule has 2 unspecified atom stereocenters. The van der Waals surface area contributed by atoms with Crippen LogP contribution in [0.25, 0.3) is 0 Å². The van der Waals surface area contributed by atoms with Crippen LogP contribution in [0.5, 0.6) is 0 Å². The van der Waals surface area contributed by atoms with Gasteiger partial charge in [0.2, 0.25) is 0 Å². The maximum Gasteiger partial charge on any atom is 0.0730 e. The Morgan fingerprint density at radius 1 is 1.38 bits per heavy atom. The maximum atomic E-state index is 5.76. The van der Waals surface area contributed by atoms with Crippen LogP contribution < -0.4 is 0 Å². The molecule has 76 valence electrons. The van der Waals surface area contributed by atoms with Crippen molar-refractivity contribution in [3.63, 3.8) is 0 Å². The van der Waals surface area contributed by atoms with Gasteiger partial charge in [-0.25, -0.2) is 0 Å². The van der Waals surface area contributed by atoms with Gasteiger partial charge >= 0.3 is 0 Å². The SMILES string of the molecule is BrCCCN1CCOC2CCCC21. The second-order valence-corrected chi connectivity index (χ2v) is 4.78. The monoisotopic (exact) mass is 247 g/mol. The van der Waals surface area contributed by atoms with E-state index in [9.17, 15) is 0 Å². The van der Waals surface area contributed by atoms with Crippen molar-refractivity contribution in [3.05, 3.63) is 0 Å². The number of fused-ring (bicyclic) bond motifs is 1. The summed E-state index contributed by atoms with van der Waals surface area (Å²) in [6, 6.07) is 0.743. The van der Waals surface area contributed by atoms with E-state index in [2.05, 4.69) is 20.8 Å². The van der Waals surface area contributed by atoms with Crippen LogP contribution in [-0.2, 0) is 4.74 Å². The number of alkyl halides is 1. The predicted molar refractivity (Wildman–Crippen MR) is 57.4 cm³/mol. The van der Waals surface area contributed by atoms with Gasteiger partial charge in [-0.2, -0.15) is 0 Å². The summed E-state index contributed by atoms with van der Waals surface area (Å²) in [6.07, 6.45) is 5.83. The summed E-state index contributed by atoms with van der Waals surface area (Å²) in [4.78, 5) is 2.63. The standard InChI is InChI=1S/C10H18BrNO/c11-5-2-6-12-7-8-13-10-4-1-3-9(10)12/h9-10H,1-8H2. The first-order valence-corrected chi connectivity index (χ1v) is 6.45. The summed E-state index contributed by atoms with van der Waals surface area (Å²) in [6.45, 7) is 3.34. The van der Waals surface area contributed by atoms with Crippen molar-refractivity contribution in [3.8, 4) is 0 Å². The average Bonchev–Trinajstić information content (AvgIpc) is 2.62. The number of morpholine rings is 1. The highest BCUT2D eigenvalue weighted by molar-refractivity contribution is 9.09. The minimum atomic E-state index is 0.559. The Kier molecular flexibility index (Phi) is 3.64. The highest BCUT2D eigenvalue weighted by Crippen LogP contribution is 2.29. The summed E-state index contributed by atoms with van der Waals surface area (Å²) >= 11 is 3.49. The second kappa shape index (κ2) is 4.76. The van der Waals surface area contributed by atoms with Gasteiger partial charge in [0.25, 0.3) is 0 Å². The molecule has 2 rings (SSSR count). The number of rotatable bonds is 3. The van der Waals surface area contributed by atoms with Gasteiger partial charge < -0.3 is 4.74 Å². The van der Waals surface area contributed by atoms with E-state index in [1.54, 1.807) is 0 Å². The van der Waals surface area contributed by atoms with E-state index in [0.717, 1.165) is 24.5 Å². The summed E-state index contributed by atoms with van der Waals surface area (Å²) in [7, 11) is 0. The molecule has 1 aliphatic carbocycles. The zero-order chi connectivity index (χ0) is 9.10. The Morgan fingerprint density at radius 2 is 2.31 bits per heavy atom. The fraction of sp³-hybridized carbons (Fsp3) is 1.00. The lowest BCUT2D eigenvalue weighted by Crippen LogP contribution is -2.48.